The maximum absolute atomic E-state index is 13.3. The van der Waals surface area contributed by atoms with Crippen LogP contribution in [0.1, 0.15) is 81.5 Å². The molecule has 1 aliphatic heterocycles. The van der Waals surface area contributed by atoms with E-state index in [1.807, 2.05) is 32.9 Å². The summed E-state index contributed by atoms with van der Waals surface area (Å²) < 4.78 is 7.19. The van der Waals surface area contributed by atoms with Gasteiger partial charge in [0.15, 0.2) is 0 Å². The van der Waals surface area contributed by atoms with Gasteiger partial charge in [0.2, 0.25) is 11.6 Å². The first-order chi connectivity index (χ1) is 16.6. The summed E-state index contributed by atoms with van der Waals surface area (Å²) in [6, 6.07) is 7.92. The molecule has 2 N–H and O–H groups in total. The van der Waals surface area contributed by atoms with Crippen LogP contribution in [0.3, 0.4) is 0 Å². The summed E-state index contributed by atoms with van der Waals surface area (Å²) >= 11 is 0. The van der Waals surface area contributed by atoms with Crippen LogP contribution in [0.5, 0.6) is 0 Å². The summed E-state index contributed by atoms with van der Waals surface area (Å²) in [6.07, 6.45) is 2.80. The average Bonchev–Trinajstić information content (AvgIpc) is 3.43. The lowest BCUT2D eigenvalue weighted by molar-refractivity contribution is -0.114. The molecule has 8 nitrogen and oxygen atoms in total. The van der Waals surface area contributed by atoms with Gasteiger partial charge in [-0.2, -0.15) is 5.10 Å². The van der Waals surface area contributed by atoms with Gasteiger partial charge in [0, 0.05) is 30.6 Å². The van der Waals surface area contributed by atoms with E-state index in [9.17, 15) is 14.4 Å². The molecule has 0 spiro atoms. The number of benzene rings is 1. The lowest BCUT2D eigenvalue weighted by Gasteiger charge is -2.24. The smallest absolute Gasteiger partial charge is 0.410 e. The summed E-state index contributed by atoms with van der Waals surface area (Å²) in [5, 5.41) is 4.87. The molecule has 3 rings (SSSR count). The van der Waals surface area contributed by atoms with E-state index < -0.39 is 23.3 Å². The van der Waals surface area contributed by atoms with Crippen LogP contribution in [0.25, 0.3) is 11.3 Å². The Labute approximate surface area is 207 Å². The molecule has 190 valence electrons. The van der Waals surface area contributed by atoms with Crippen LogP contribution in [0.15, 0.2) is 24.3 Å². The number of hydrogen-bond acceptors (Lipinski definition) is 6. The zero-order chi connectivity index (χ0) is 25.8. The molecule has 1 unspecified atom stereocenters. The minimum absolute atomic E-state index is 0.113. The number of carbonyl (C=O) groups is 3. The Morgan fingerprint density at radius 2 is 1.80 bits per heavy atom. The molecule has 35 heavy (non-hydrogen) atoms. The van der Waals surface area contributed by atoms with Crippen molar-refractivity contribution >= 4 is 17.7 Å². The molecule has 1 amide bonds. The van der Waals surface area contributed by atoms with Gasteiger partial charge in [-0.25, -0.2) is 4.79 Å². The summed E-state index contributed by atoms with van der Waals surface area (Å²) in [7, 11) is 0. The van der Waals surface area contributed by atoms with Crippen molar-refractivity contribution in [2.75, 3.05) is 19.6 Å². The lowest BCUT2D eigenvalue weighted by Crippen LogP contribution is -2.35. The number of likely N-dealkylation sites (tertiary alicyclic amines) is 1. The first-order valence-corrected chi connectivity index (χ1v) is 12.6. The Hall–Kier alpha value is -3.00. The summed E-state index contributed by atoms with van der Waals surface area (Å²) in [6.45, 7) is 10.5. The first-order valence-electron chi connectivity index (χ1n) is 12.6. The van der Waals surface area contributed by atoms with E-state index in [-0.39, 0.29) is 12.5 Å². The molecule has 1 aliphatic rings. The van der Waals surface area contributed by atoms with Gasteiger partial charge in [0.05, 0.1) is 11.7 Å². The van der Waals surface area contributed by atoms with Gasteiger partial charge in [0.1, 0.15) is 11.3 Å². The quantitative estimate of drug-likeness (QED) is 0.421. The molecule has 1 aromatic heterocycles. The molecule has 1 atom stereocenters. The van der Waals surface area contributed by atoms with Crippen molar-refractivity contribution in [1.82, 2.24) is 14.7 Å². The highest BCUT2D eigenvalue weighted by molar-refractivity contribution is 6.43. The van der Waals surface area contributed by atoms with Gasteiger partial charge in [-0.15, -0.1) is 0 Å². The second-order valence-corrected chi connectivity index (χ2v) is 10.1. The Bertz CT molecular complexity index is 1070. The number of aromatic nitrogens is 2. The van der Waals surface area contributed by atoms with Crippen LogP contribution in [-0.2, 0) is 22.4 Å². The third-order valence-electron chi connectivity index (χ3n) is 6.12. The third kappa shape index (κ3) is 6.17. The molecule has 1 fully saturated rings. The Balaban J connectivity index is 2.04. The van der Waals surface area contributed by atoms with E-state index in [1.54, 1.807) is 16.5 Å². The van der Waals surface area contributed by atoms with Gasteiger partial charge in [-0.1, -0.05) is 44.5 Å². The first kappa shape index (κ1) is 26.6. The highest BCUT2D eigenvalue weighted by Crippen LogP contribution is 2.32. The maximum atomic E-state index is 13.3. The normalized spacial score (nSPS) is 15.9. The number of aryl methyl sites for hydroxylation is 1. The van der Waals surface area contributed by atoms with Crippen LogP contribution >= 0.6 is 0 Å². The number of ketones is 2. The van der Waals surface area contributed by atoms with Crippen molar-refractivity contribution in [3.05, 3.63) is 41.1 Å². The van der Waals surface area contributed by atoms with Crippen LogP contribution in [0.2, 0.25) is 0 Å². The molecule has 0 radical (unpaired) electrons. The second-order valence-electron chi connectivity index (χ2n) is 10.1. The zero-order valence-corrected chi connectivity index (χ0v) is 21.6. The maximum Gasteiger partial charge on any atom is 0.410 e. The predicted molar refractivity (Wildman–Crippen MR) is 136 cm³/mol. The van der Waals surface area contributed by atoms with Gasteiger partial charge in [-0.3, -0.25) is 14.3 Å². The Morgan fingerprint density at radius 3 is 2.37 bits per heavy atom. The van der Waals surface area contributed by atoms with Crippen LogP contribution in [0, 0.1) is 0 Å². The van der Waals surface area contributed by atoms with E-state index in [4.69, 9.17) is 15.6 Å². The monoisotopic (exact) mass is 482 g/mol. The fourth-order valence-corrected chi connectivity index (χ4v) is 4.43. The van der Waals surface area contributed by atoms with Crippen molar-refractivity contribution in [1.29, 1.82) is 0 Å². The highest BCUT2D eigenvalue weighted by Gasteiger charge is 2.36. The molecule has 8 heteroatoms. The predicted octanol–water partition coefficient (Wildman–Crippen LogP) is 4.35. The molecule has 1 saturated heterocycles. The van der Waals surface area contributed by atoms with Crippen LogP contribution in [-0.4, -0.2) is 57.6 Å². The molecular formula is C27H38N4O4. The summed E-state index contributed by atoms with van der Waals surface area (Å²) in [5.41, 5.74) is 9.11. The van der Waals surface area contributed by atoms with Gasteiger partial charge in [-0.05, 0) is 52.1 Å². The molecule has 0 aliphatic carbocycles. The van der Waals surface area contributed by atoms with E-state index in [0.717, 1.165) is 18.4 Å². The minimum atomic E-state index is -0.596. The van der Waals surface area contributed by atoms with E-state index in [1.165, 1.54) is 5.56 Å². The zero-order valence-electron chi connectivity index (χ0n) is 21.6. The molecule has 2 heterocycles. The number of Topliss-reactive ketones (excluding diaryl/α,β-unsaturated/α-hetero) is 2. The number of hydrogen-bond donors (Lipinski definition) is 1. The topological polar surface area (TPSA) is 108 Å². The van der Waals surface area contributed by atoms with Crippen LogP contribution < -0.4 is 5.73 Å². The standard InChI is InChI=1S/C27H38N4O4/c1-6-8-18-9-11-19(12-10-18)23-21(13-15-28)24(25(33)22(32)7-2)31(29-23)20-14-16-30(17-20)26(34)35-27(3,4)5/h9-12,20H,6-8,13-17,28H2,1-5H3. The summed E-state index contributed by atoms with van der Waals surface area (Å²) in [5.74, 6) is -1.01. The van der Waals surface area contributed by atoms with E-state index in [2.05, 4.69) is 19.1 Å². The van der Waals surface area contributed by atoms with Crippen molar-refractivity contribution in [3.8, 4) is 11.3 Å². The molecule has 0 bridgehead atoms. The van der Waals surface area contributed by atoms with Gasteiger partial charge in [0.25, 0.3) is 0 Å². The number of rotatable bonds is 9. The summed E-state index contributed by atoms with van der Waals surface area (Å²) in [4.78, 5) is 40.1. The Morgan fingerprint density at radius 1 is 1.11 bits per heavy atom. The lowest BCUT2D eigenvalue weighted by atomic mass is 9.98. The molecule has 2 aromatic rings. The molecular weight excluding hydrogens is 444 g/mol. The molecule has 1 aromatic carbocycles. The minimum Gasteiger partial charge on any atom is -0.444 e. The van der Waals surface area contributed by atoms with Crippen molar-refractivity contribution < 1.29 is 19.1 Å². The van der Waals surface area contributed by atoms with E-state index in [0.29, 0.717) is 49.4 Å². The van der Waals surface area contributed by atoms with E-state index >= 15 is 0 Å². The number of nitrogens with zero attached hydrogens (tertiary/aromatic N) is 3. The largest absolute Gasteiger partial charge is 0.444 e. The van der Waals surface area contributed by atoms with Gasteiger partial charge >= 0.3 is 6.09 Å². The van der Waals surface area contributed by atoms with Crippen LogP contribution in [0.4, 0.5) is 4.79 Å². The second kappa shape index (κ2) is 11.2. The number of ether oxygens (including phenoxy) is 1. The SMILES string of the molecule is CCCc1ccc(-c2nn(C3CCN(C(=O)OC(C)(C)C)C3)c(C(=O)C(=O)CC)c2CCN)cc1. The number of amides is 1. The number of carbonyl (C=O) groups excluding carboxylic acids is 3. The van der Waals surface area contributed by atoms with Crippen molar-refractivity contribution in [2.24, 2.45) is 5.73 Å². The fourth-order valence-electron chi connectivity index (χ4n) is 4.43. The average molecular weight is 483 g/mol. The number of nitrogens with two attached hydrogens (primary N) is 1. The Kier molecular flexibility index (Phi) is 8.48. The van der Waals surface area contributed by atoms with Crippen molar-refractivity contribution in [3.63, 3.8) is 0 Å². The third-order valence-corrected chi connectivity index (χ3v) is 6.12. The van der Waals surface area contributed by atoms with Gasteiger partial charge < -0.3 is 15.4 Å². The van der Waals surface area contributed by atoms with Crippen molar-refractivity contribution in [2.45, 2.75) is 78.4 Å². The fraction of sp³-hybridized carbons (Fsp3) is 0.556. The molecule has 0 saturated carbocycles. The highest BCUT2D eigenvalue weighted by atomic mass is 16.6.